The Hall–Kier alpha value is -1.32. The number of nitrogens with zero attached hydrogens (tertiary/aromatic N) is 3. The molecule has 4 heteroatoms. The molecule has 0 radical (unpaired) electrons. The van der Waals surface area contributed by atoms with Gasteiger partial charge in [0.05, 0.1) is 5.69 Å². The van der Waals surface area contributed by atoms with Gasteiger partial charge in [-0.1, -0.05) is 0 Å². The zero-order valence-corrected chi connectivity index (χ0v) is 10.9. The summed E-state index contributed by atoms with van der Waals surface area (Å²) in [6, 6.07) is 2.39. The fraction of sp³-hybridized carbons (Fsp3) is 0.692. The summed E-state index contributed by atoms with van der Waals surface area (Å²) >= 11 is 0. The molecule has 1 aromatic heterocycles. The summed E-state index contributed by atoms with van der Waals surface area (Å²) in [6.45, 7) is 7.37. The first-order chi connectivity index (χ1) is 8.08. The number of aryl methyl sites for hydroxylation is 2. The number of rotatable bonds is 2. The second kappa shape index (κ2) is 4.90. The van der Waals surface area contributed by atoms with Gasteiger partial charge in [-0.15, -0.1) is 0 Å². The number of amides is 1. The zero-order valence-electron chi connectivity index (χ0n) is 10.9. The van der Waals surface area contributed by atoms with E-state index in [2.05, 4.69) is 12.0 Å². The quantitative estimate of drug-likeness (QED) is 0.785. The molecule has 0 saturated carbocycles. The largest absolute Gasteiger partial charge is 0.338 e. The Labute approximate surface area is 103 Å². The van der Waals surface area contributed by atoms with E-state index >= 15 is 0 Å². The highest BCUT2D eigenvalue weighted by molar-refractivity contribution is 5.76. The van der Waals surface area contributed by atoms with Gasteiger partial charge in [-0.2, -0.15) is 5.10 Å². The van der Waals surface area contributed by atoms with Crippen LogP contribution in [0, 0.1) is 13.8 Å². The van der Waals surface area contributed by atoms with Crippen LogP contribution < -0.4 is 0 Å². The molecule has 94 valence electrons. The molecule has 1 amide bonds. The Morgan fingerprint density at radius 2 is 2.24 bits per heavy atom. The van der Waals surface area contributed by atoms with Crippen molar-refractivity contribution < 1.29 is 4.79 Å². The number of hydrogen-bond acceptors (Lipinski definition) is 2. The molecule has 0 aromatic carbocycles. The number of hydrogen-bond donors (Lipinski definition) is 0. The molecule has 2 heterocycles. The van der Waals surface area contributed by atoms with Crippen molar-refractivity contribution >= 4 is 5.91 Å². The van der Waals surface area contributed by atoms with Gasteiger partial charge < -0.3 is 4.90 Å². The molecule has 0 spiro atoms. The molecular formula is C13H21N3O. The molecule has 17 heavy (non-hydrogen) atoms. The van der Waals surface area contributed by atoms with Crippen molar-refractivity contribution in [3.05, 3.63) is 17.5 Å². The summed E-state index contributed by atoms with van der Waals surface area (Å²) in [5.74, 6) is 0.198. The lowest BCUT2D eigenvalue weighted by atomic mass is 10.0. The molecule has 1 aliphatic heterocycles. The average Bonchev–Trinajstić information content (AvgIpc) is 2.58. The highest BCUT2D eigenvalue weighted by Crippen LogP contribution is 2.17. The summed E-state index contributed by atoms with van der Waals surface area (Å²) in [4.78, 5) is 14.2. The summed E-state index contributed by atoms with van der Waals surface area (Å²) in [6.07, 6.45) is 3.50. The number of carbonyl (C=O) groups is 1. The van der Waals surface area contributed by atoms with Crippen LogP contribution in [0.15, 0.2) is 6.07 Å². The van der Waals surface area contributed by atoms with Gasteiger partial charge in [0.25, 0.3) is 0 Å². The van der Waals surface area contributed by atoms with E-state index < -0.39 is 0 Å². The minimum atomic E-state index is 0.198. The van der Waals surface area contributed by atoms with Crippen LogP contribution in [0.3, 0.4) is 0 Å². The molecular weight excluding hydrogens is 214 g/mol. The highest BCUT2D eigenvalue weighted by atomic mass is 16.2. The van der Waals surface area contributed by atoms with Crippen molar-refractivity contribution in [1.82, 2.24) is 14.7 Å². The van der Waals surface area contributed by atoms with Crippen molar-refractivity contribution in [2.45, 2.75) is 52.6 Å². The van der Waals surface area contributed by atoms with Crippen molar-refractivity contribution in [3.63, 3.8) is 0 Å². The standard InChI is InChI=1S/C13H21N3O/c1-10-8-12(3)16(14-10)9-13(17)15-7-5-4-6-11(15)2/h8,11H,4-7,9H2,1-3H3. The Morgan fingerprint density at radius 1 is 1.47 bits per heavy atom. The monoisotopic (exact) mass is 235 g/mol. The van der Waals surface area contributed by atoms with E-state index in [1.807, 2.05) is 24.8 Å². The van der Waals surface area contributed by atoms with Crippen LogP contribution in [0.5, 0.6) is 0 Å². The van der Waals surface area contributed by atoms with E-state index in [0.29, 0.717) is 12.6 Å². The van der Waals surface area contributed by atoms with Crippen LogP contribution in [0.1, 0.15) is 37.6 Å². The minimum Gasteiger partial charge on any atom is -0.338 e. The van der Waals surface area contributed by atoms with E-state index in [0.717, 1.165) is 30.8 Å². The van der Waals surface area contributed by atoms with E-state index in [4.69, 9.17) is 0 Å². The van der Waals surface area contributed by atoms with Crippen LogP contribution in [-0.4, -0.2) is 33.2 Å². The van der Waals surface area contributed by atoms with Gasteiger partial charge in [0, 0.05) is 18.3 Å². The first-order valence-electron chi connectivity index (χ1n) is 6.38. The molecule has 2 rings (SSSR count). The van der Waals surface area contributed by atoms with E-state index in [-0.39, 0.29) is 5.91 Å². The number of piperidine rings is 1. The molecule has 0 bridgehead atoms. The van der Waals surface area contributed by atoms with Crippen molar-refractivity contribution in [2.75, 3.05) is 6.54 Å². The van der Waals surface area contributed by atoms with Crippen LogP contribution in [0.25, 0.3) is 0 Å². The lowest BCUT2D eigenvalue weighted by molar-refractivity contribution is -0.135. The lowest BCUT2D eigenvalue weighted by Gasteiger charge is -2.33. The molecule has 0 N–H and O–H groups in total. The maximum atomic E-state index is 12.2. The number of carbonyl (C=O) groups excluding carboxylic acids is 1. The molecule has 1 saturated heterocycles. The van der Waals surface area contributed by atoms with Crippen LogP contribution in [0.2, 0.25) is 0 Å². The van der Waals surface area contributed by atoms with Crippen molar-refractivity contribution in [1.29, 1.82) is 0 Å². The van der Waals surface area contributed by atoms with Crippen LogP contribution >= 0.6 is 0 Å². The smallest absolute Gasteiger partial charge is 0.244 e. The number of likely N-dealkylation sites (tertiary alicyclic amines) is 1. The van der Waals surface area contributed by atoms with Gasteiger partial charge in [-0.05, 0) is 46.1 Å². The van der Waals surface area contributed by atoms with Gasteiger partial charge in [0.1, 0.15) is 6.54 Å². The van der Waals surface area contributed by atoms with Gasteiger partial charge in [-0.3, -0.25) is 9.48 Å². The maximum Gasteiger partial charge on any atom is 0.244 e. The molecule has 1 aromatic rings. The highest BCUT2D eigenvalue weighted by Gasteiger charge is 2.23. The van der Waals surface area contributed by atoms with Gasteiger partial charge in [0.2, 0.25) is 5.91 Å². The molecule has 0 aliphatic carbocycles. The van der Waals surface area contributed by atoms with Crippen molar-refractivity contribution in [3.8, 4) is 0 Å². The van der Waals surface area contributed by atoms with Gasteiger partial charge >= 0.3 is 0 Å². The van der Waals surface area contributed by atoms with E-state index in [1.54, 1.807) is 4.68 Å². The molecule has 1 atom stereocenters. The summed E-state index contributed by atoms with van der Waals surface area (Å²) in [5, 5.41) is 4.34. The third-order valence-electron chi connectivity index (χ3n) is 3.51. The second-order valence-corrected chi connectivity index (χ2v) is 5.02. The minimum absolute atomic E-state index is 0.198. The number of aromatic nitrogens is 2. The Morgan fingerprint density at radius 3 is 2.82 bits per heavy atom. The average molecular weight is 235 g/mol. The van der Waals surface area contributed by atoms with Crippen LogP contribution in [-0.2, 0) is 11.3 Å². The SMILES string of the molecule is Cc1cc(C)n(CC(=O)N2CCCCC2C)n1. The Kier molecular flexibility index (Phi) is 3.50. The third-order valence-corrected chi connectivity index (χ3v) is 3.51. The topological polar surface area (TPSA) is 38.1 Å². The normalized spacial score (nSPS) is 20.6. The second-order valence-electron chi connectivity index (χ2n) is 5.02. The molecule has 1 fully saturated rings. The first kappa shape index (κ1) is 12.1. The Balaban J connectivity index is 2.03. The van der Waals surface area contributed by atoms with Gasteiger partial charge in [0.15, 0.2) is 0 Å². The maximum absolute atomic E-state index is 12.2. The molecule has 1 unspecified atom stereocenters. The fourth-order valence-electron chi connectivity index (χ4n) is 2.52. The predicted molar refractivity (Wildman–Crippen MR) is 66.7 cm³/mol. The summed E-state index contributed by atoms with van der Waals surface area (Å²) < 4.78 is 1.80. The third kappa shape index (κ3) is 2.68. The zero-order chi connectivity index (χ0) is 12.4. The molecule has 4 nitrogen and oxygen atoms in total. The molecule has 1 aliphatic rings. The van der Waals surface area contributed by atoms with E-state index in [1.165, 1.54) is 6.42 Å². The fourth-order valence-corrected chi connectivity index (χ4v) is 2.52. The lowest BCUT2D eigenvalue weighted by Crippen LogP contribution is -2.43. The first-order valence-corrected chi connectivity index (χ1v) is 6.38. The van der Waals surface area contributed by atoms with Crippen LogP contribution in [0.4, 0.5) is 0 Å². The summed E-state index contributed by atoms with van der Waals surface area (Å²) in [7, 11) is 0. The Bertz CT molecular complexity index is 411. The predicted octanol–water partition coefficient (Wildman–Crippen LogP) is 1.90. The summed E-state index contributed by atoms with van der Waals surface area (Å²) in [5.41, 5.74) is 2.03. The van der Waals surface area contributed by atoms with Crippen molar-refractivity contribution in [2.24, 2.45) is 0 Å². The van der Waals surface area contributed by atoms with E-state index in [9.17, 15) is 4.79 Å². The van der Waals surface area contributed by atoms with Gasteiger partial charge in [-0.25, -0.2) is 0 Å².